The molecule has 0 aliphatic heterocycles. The molecular weight excluding hydrogens is 242 g/mol. The van der Waals surface area contributed by atoms with Crippen LogP contribution in [-0.4, -0.2) is 19.5 Å². The van der Waals surface area contributed by atoms with Gasteiger partial charge in [0.25, 0.3) is 0 Å². The molecule has 17 heavy (non-hydrogen) atoms. The fraction of sp³-hybridized carbons (Fsp3) is 0.300. The highest BCUT2D eigenvalue weighted by atomic mass is 32.2. The van der Waals surface area contributed by atoms with Crippen molar-refractivity contribution < 1.29 is 13.6 Å². The van der Waals surface area contributed by atoms with Crippen LogP contribution in [0.4, 0.5) is 0 Å². The molecular formula is C10H13N3O3S. The van der Waals surface area contributed by atoms with E-state index in [1.165, 1.54) is 12.1 Å². The van der Waals surface area contributed by atoms with Crippen molar-refractivity contribution >= 4 is 15.9 Å². The number of nitrogens with two attached hydrogens (primary N) is 1. The lowest BCUT2D eigenvalue weighted by Gasteiger charge is -2.03. The Balaban J connectivity index is 2.14. The first kappa shape index (κ1) is 12.0. The third kappa shape index (κ3) is 2.46. The average molecular weight is 255 g/mol. The molecule has 0 aromatic heterocycles. The largest absolute Gasteiger partial charge is 0.290 e. The number of nitrogens with one attached hydrogen (secondary N) is 2. The normalized spacial score (nSPS) is 23.2. The fourth-order valence-electron chi connectivity index (χ4n) is 1.87. The minimum Gasteiger partial charge on any atom is -0.290 e. The van der Waals surface area contributed by atoms with E-state index in [4.69, 9.17) is 15.8 Å². The van der Waals surface area contributed by atoms with E-state index < -0.39 is 10.0 Å². The lowest BCUT2D eigenvalue weighted by molar-refractivity contribution is 0.229. The highest BCUT2D eigenvalue weighted by Crippen LogP contribution is 2.47. The van der Waals surface area contributed by atoms with Gasteiger partial charge in [0.15, 0.2) is 0 Å². The second-order valence-electron chi connectivity index (χ2n) is 4.09. The van der Waals surface area contributed by atoms with Crippen LogP contribution in [0.3, 0.4) is 0 Å². The molecule has 0 spiro atoms. The van der Waals surface area contributed by atoms with Crippen molar-refractivity contribution in [3.05, 3.63) is 29.8 Å². The van der Waals surface area contributed by atoms with Crippen molar-refractivity contribution in [2.45, 2.75) is 17.2 Å². The Kier molecular flexibility index (Phi) is 2.90. The Morgan fingerprint density at radius 3 is 2.47 bits per heavy atom. The van der Waals surface area contributed by atoms with Crippen LogP contribution in [0.25, 0.3) is 0 Å². The summed E-state index contributed by atoms with van der Waals surface area (Å²) in [5, 5.41) is 21.0. The molecule has 1 aromatic rings. The Morgan fingerprint density at radius 2 is 2.00 bits per heavy atom. The topological polar surface area (TPSA) is 116 Å². The van der Waals surface area contributed by atoms with Crippen LogP contribution in [0.2, 0.25) is 0 Å². The van der Waals surface area contributed by atoms with Gasteiger partial charge in [0.05, 0.1) is 4.90 Å². The Hall–Kier alpha value is -1.44. The van der Waals surface area contributed by atoms with E-state index in [0.29, 0.717) is 0 Å². The van der Waals surface area contributed by atoms with Crippen LogP contribution >= 0.6 is 0 Å². The van der Waals surface area contributed by atoms with Gasteiger partial charge in [-0.2, -0.15) is 0 Å². The molecule has 1 fully saturated rings. The summed E-state index contributed by atoms with van der Waals surface area (Å²) < 4.78 is 22.1. The minimum atomic E-state index is -3.65. The number of hydrogen-bond donors (Lipinski definition) is 4. The van der Waals surface area contributed by atoms with E-state index in [0.717, 1.165) is 12.0 Å². The van der Waals surface area contributed by atoms with E-state index in [1.807, 2.05) is 5.48 Å². The van der Waals surface area contributed by atoms with E-state index >= 15 is 0 Å². The maximum absolute atomic E-state index is 11.0. The molecule has 0 heterocycles. The number of rotatable bonds is 3. The molecule has 1 aromatic carbocycles. The number of amidine groups is 1. The Labute approximate surface area is 99.0 Å². The molecule has 0 bridgehead atoms. The molecule has 1 aliphatic carbocycles. The summed E-state index contributed by atoms with van der Waals surface area (Å²) in [7, 11) is -3.65. The highest BCUT2D eigenvalue weighted by Gasteiger charge is 2.41. The van der Waals surface area contributed by atoms with Crippen molar-refractivity contribution in [2.75, 3.05) is 0 Å². The first-order valence-corrected chi connectivity index (χ1v) is 6.59. The number of hydroxylamine groups is 1. The zero-order valence-electron chi connectivity index (χ0n) is 8.92. The van der Waals surface area contributed by atoms with Crippen LogP contribution in [0, 0.1) is 11.3 Å². The van der Waals surface area contributed by atoms with Gasteiger partial charge in [-0.3, -0.25) is 16.1 Å². The van der Waals surface area contributed by atoms with Gasteiger partial charge in [-0.05, 0) is 30.0 Å². The molecule has 0 radical (unpaired) electrons. The smallest absolute Gasteiger partial charge is 0.238 e. The number of sulfonamides is 1. The van der Waals surface area contributed by atoms with Gasteiger partial charge in [-0.1, -0.05) is 12.1 Å². The molecule has 92 valence electrons. The zero-order valence-corrected chi connectivity index (χ0v) is 9.74. The molecule has 2 atom stereocenters. The van der Waals surface area contributed by atoms with Gasteiger partial charge in [0.2, 0.25) is 10.0 Å². The lowest BCUT2D eigenvalue weighted by atomic mass is 10.1. The van der Waals surface area contributed by atoms with Gasteiger partial charge in [-0.25, -0.2) is 13.6 Å². The maximum Gasteiger partial charge on any atom is 0.238 e. The molecule has 6 nitrogen and oxygen atoms in total. The Bertz CT molecular complexity index is 538. The molecule has 0 unspecified atom stereocenters. The van der Waals surface area contributed by atoms with Gasteiger partial charge >= 0.3 is 0 Å². The average Bonchev–Trinajstić information content (AvgIpc) is 3.07. The highest BCUT2D eigenvalue weighted by molar-refractivity contribution is 7.89. The van der Waals surface area contributed by atoms with Crippen LogP contribution in [-0.2, 0) is 10.0 Å². The molecule has 1 saturated carbocycles. The SMILES string of the molecule is N=C(NO)[C@@H]1C[C@H]1c1ccc(S(N)(=O)=O)cc1. The first-order valence-electron chi connectivity index (χ1n) is 5.05. The Morgan fingerprint density at radius 1 is 1.41 bits per heavy atom. The summed E-state index contributed by atoms with van der Waals surface area (Å²) in [4.78, 5) is 0.0776. The summed E-state index contributed by atoms with van der Waals surface area (Å²) >= 11 is 0. The maximum atomic E-state index is 11.0. The van der Waals surface area contributed by atoms with E-state index in [-0.39, 0.29) is 22.6 Å². The molecule has 2 rings (SSSR count). The van der Waals surface area contributed by atoms with E-state index in [9.17, 15) is 8.42 Å². The van der Waals surface area contributed by atoms with Gasteiger partial charge in [0, 0.05) is 5.92 Å². The minimum absolute atomic E-state index is 0.0136. The first-order chi connectivity index (χ1) is 7.93. The third-order valence-electron chi connectivity index (χ3n) is 2.92. The van der Waals surface area contributed by atoms with Gasteiger partial charge < -0.3 is 0 Å². The van der Waals surface area contributed by atoms with Crippen molar-refractivity contribution in [3.8, 4) is 0 Å². The summed E-state index contributed by atoms with van der Waals surface area (Å²) in [6.07, 6.45) is 0.779. The molecule has 7 heteroatoms. The number of hydrogen-bond acceptors (Lipinski definition) is 4. The fourth-order valence-corrected chi connectivity index (χ4v) is 2.39. The van der Waals surface area contributed by atoms with Gasteiger partial charge in [-0.15, -0.1) is 0 Å². The number of benzene rings is 1. The zero-order chi connectivity index (χ0) is 12.6. The van der Waals surface area contributed by atoms with Crippen molar-refractivity contribution in [3.63, 3.8) is 0 Å². The summed E-state index contributed by atoms with van der Waals surface area (Å²) in [6, 6.07) is 6.29. The second-order valence-corrected chi connectivity index (χ2v) is 5.65. The van der Waals surface area contributed by atoms with Crippen molar-refractivity contribution in [1.82, 2.24) is 5.48 Å². The predicted octanol–water partition coefficient (Wildman–Crippen LogP) is 0.394. The molecule has 0 amide bonds. The standard InChI is InChI=1S/C10H13N3O3S/c11-10(13-14)9-5-8(9)6-1-3-7(4-2-6)17(12,15)16/h1-4,8-9,14H,5H2,(H2,11,13)(H2,12,15,16)/t8-,9+/m0/s1. The van der Waals surface area contributed by atoms with Crippen LogP contribution < -0.4 is 10.6 Å². The number of primary sulfonamides is 1. The van der Waals surface area contributed by atoms with Crippen LogP contribution in [0.1, 0.15) is 17.9 Å². The van der Waals surface area contributed by atoms with Crippen molar-refractivity contribution in [2.24, 2.45) is 11.1 Å². The monoisotopic (exact) mass is 255 g/mol. The quantitative estimate of drug-likeness (QED) is 0.355. The second kappa shape index (κ2) is 4.10. The van der Waals surface area contributed by atoms with Crippen molar-refractivity contribution in [1.29, 1.82) is 5.41 Å². The van der Waals surface area contributed by atoms with E-state index in [1.54, 1.807) is 12.1 Å². The predicted molar refractivity (Wildman–Crippen MR) is 61.3 cm³/mol. The van der Waals surface area contributed by atoms with Gasteiger partial charge in [0.1, 0.15) is 5.84 Å². The van der Waals surface area contributed by atoms with Crippen LogP contribution in [0.5, 0.6) is 0 Å². The van der Waals surface area contributed by atoms with Crippen LogP contribution in [0.15, 0.2) is 29.2 Å². The van der Waals surface area contributed by atoms with E-state index in [2.05, 4.69) is 0 Å². The summed E-state index contributed by atoms with van der Waals surface area (Å²) in [5.74, 6) is 0.238. The molecule has 5 N–H and O–H groups in total. The molecule has 1 aliphatic rings. The lowest BCUT2D eigenvalue weighted by Crippen LogP contribution is -2.20. The summed E-state index contributed by atoms with van der Waals surface area (Å²) in [6.45, 7) is 0. The molecule has 0 saturated heterocycles. The summed E-state index contributed by atoms with van der Waals surface area (Å²) in [5.41, 5.74) is 2.78. The third-order valence-corrected chi connectivity index (χ3v) is 3.85.